The smallest absolute Gasteiger partial charge is 0.335 e. The van der Waals surface area contributed by atoms with Gasteiger partial charge in [0.15, 0.2) is 0 Å². The quantitative estimate of drug-likeness (QED) is 0.688. The number of rotatable bonds is 4. The molecular weight excluding hydrogens is 274 g/mol. The molecule has 0 heterocycles. The molecule has 0 radical (unpaired) electrons. The van der Waals surface area contributed by atoms with Crippen LogP contribution < -0.4 is 4.74 Å². The Balaban J connectivity index is 2.69. The fraction of sp³-hybridized carbons (Fsp3) is 0.133. The highest BCUT2D eigenvalue weighted by Crippen LogP contribution is 2.35. The van der Waals surface area contributed by atoms with E-state index in [1.165, 1.54) is 37.4 Å². The molecule has 2 rings (SSSR count). The van der Waals surface area contributed by atoms with E-state index in [1.807, 2.05) is 0 Å². The third-order valence-corrected chi connectivity index (χ3v) is 3.17. The van der Waals surface area contributed by atoms with Gasteiger partial charge in [-0.3, -0.25) is 10.1 Å². The van der Waals surface area contributed by atoms with Crippen LogP contribution in [0.2, 0.25) is 0 Å². The van der Waals surface area contributed by atoms with Crippen LogP contribution in [0.5, 0.6) is 5.75 Å². The number of carboxylic acids is 1. The zero-order valence-electron chi connectivity index (χ0n) is 11.5. The Morgan fingerprint density at radius 2 is 1.90 bits per heavy atom. The number of methoxy groups -OCH3 is 1. The van der Waals surface area contributed by atoms with Gasteiger partial charge in [0.25, 0.3) is 5.69 Å². The lowest BCUT2D eigenvalue weighted by atomic mass is 9.97. The maximum Gasteiger partial charge on any atom is 0.335 e. The van der Waals surface area contributed by atoms with E-state index in [1.54, 1.807) is 13.0 Å². The number of carbonyl (C=O) groups is 1. The first-order valence-corrected chi connectivity index (χ1v) is 6.10. The molecule has 0 saturated carbocycles. The third kappa shape index (κ3) is 2.84. The van der Waals surface area contributed by atoms with E-state index in [0.717, 1.165) is 5.56 Å². The van der Waals surface area contributed by atoms with Gasteiger partial charge in [0.05, 0.1) is 17.6 Å². The third-order valence-electron chi connectivity index (χ3n) is 3.17. The first-order valence-electron chi connectivity index (χ1n) is 6.10. The summed E-state index contributed by atoms with van der Waals surface area (Å²) in [4.78, 5) is 21.5. The minimum absolute atomic E-state index is 0.0571. The lowest BCUT2D eigenvalue weighted by Crippen LogP contribution is -1.99. The summed E-state index contributed by atoms with van der Waals surface area (Å²) >= 11 is 0. The van der Waals surface area contributed by atoms with Crippen molar-refractivity contribution in [1.29, 1.82) is 0 Å². The number of nitro benzene ring substituents is 1. The second-order valence-electron chi connectivity index (χ2n) is 4.48. The minimum atomic E-state index is -1.07. The topological polar surface area (TPSA) is 89.7 Å². The van der Waals surface area contributed by atoms with Crippen molar-refractivity contribution in [2.75, 3.05) is 7.11 Å². The molecule has 6 heteroatoms. The monoisotopic (exact) mass is 287 g/mol. The number of nitro groups is 1. The van der Waals surface area contributed by atoms with Gasteiger partial charge < -0.3 is 9.84 Å². The molecule has 6 nitrogen and oxygen atoms in total. The normalized spacial score (nSPS) is 10.2. The molecule has 1 N–H and O–H groups in total. The average molecular weight is 287 g/mol. The van der Waals surface area contributed by atoms with Crippen LogP contribution in [0.4, 0.5) is 5.69 Å². The summed E-state index contributed by atoms with van der Waals surface area (Å²) in [7, 11) is 1.46. The van der Waals surface area contributed by atoms with Gasteiger partial charge in [0.1, 0.15) is 5.75 Å². The summed E-state index contributed by atoms with van der Waals surface area (Å²) < 4.78 is 5.23. The maximum absolute atomic E-state index is 11.1. The second kappa shape index (κ2) is 5.62. The number of benzene rings is 2. The van der Waals surface area contributed by atoms with E-state index in [2.05, 4.69) is 0 Å². The van der Waals surface area contributed by atoms with Gasteiger partial charge in [-0.2, -0.15) is 0 Å². The summed E-state index contributed by atoms with van der Waals surface area (Å²) in [6.07, 6.45) is 0. The summed E-state index contributed by atoms with van der Waals surface area (Å²) in [5.41, 5.74) is 1.92. The molecule has 0 unspecified atom stereocenters. The van der Waals surface area contributed by atoms with Gasteiger partial charge in [-0.05, 0) is 36.2 Å². The molecule has 21 heavy (non-hydrogen) atoms. The predicted molar refractivity (Wildman–Crippen MR) is 76.8 cm³/mol. The van der Waals surface area contributed by atoms with Crippen molar-refractivity contribution < 1.29 is 19.6 Å². The van der Waals surface area contributed by atoms with Crippen LogP contribution in [0.1, 0.15) is 15.9 Å². The van der Waals surface area contributed by atoms with Crippen LogP contribution in [-0.2, 0) is 0 Å². The highest BCUT2D eigenvalue weighted by molar-refractivity contribution is 5.91. The second-order valence-corrected chi connectivity index (χ2v) is 4.48. The van der Waals surface area contributed by atoms with Crippen molar-refractivity contribution in [3.05, 3.63) is 57.6 Å². The van der Waals surface area contributed by atoms with Crippen molar-refractivity contribution in [1.82, 2.24) is 0 Å². The molecule has 2 aromatic rings. The fourth-order valence-corrected chi connectivity index (χ4v) is 2.07. The van der Waals surface area contributed by atoms with E-state index >= 15 is 0 Å². The van der Waals surface area contributed by atoms with E-state index < -0.39 is 10.9 Å². The molecule has 0 atom stereocenters. The van der Waals surface area contributed by atoms with Crippen LogP contribution in [0, 0.1) is 17.0 Å². The van der Waals surface area contributed by atoms with Crippen molar-refractivity contribution in [3.8, 4) is 16.9 Å². The van der Waals surface area contributed by atoms with Gasteiger partial charge >= 0.3 is 5.97 Å². The van der Waals surface area contributed by atoms with E-state index in [4.69, 9.17) is 9.84 Å². The number of ether oxygens (including phenoxy) is 1. The Morgan fingerprint density at radius 1 is 1.19 bits per heavy atom. The van der Waals surface area contributed by atoms with Crippen LogP contribution in [0.25, 0.3) is 11.1 Å². The Morgan fingerprint density at radius 3 is 2.48 bits per heavy atom. The molecule has 0 aliphatic carbocycles. The number of hydrogen-bond acceptors (Lipinski definition) is 4. The summed E-state index contributed by atoms with van der Waals surface area (Å²) in [6, 6.07) is 8.87. The van der Waals surface area contributed by atoms with Crippen LogP contribution >= 0.6 is 0 Å². The maximum atomic E-state index is 11.1. The first kappa shape index (κ1) is 14.5. The molecule has 0 spiro atoms. The standard InChI is InChI=1S/C15H13NO5/c1-9-3-5-11(16(19)20)8-12(9)13-7-10(15(17)18)4-6-14(13)21-2/h3-8H,1-2H3,(H,17,18). The lowest BCUT2D eigenvalue weighted by Gasteiger charge is -2.12. The molecule has 0 aromatic heterocycles. The molecule has 0 bridgehead atoms. The Kier molecular flexibility index (Phi) is 3.89. The number of carboxylic acid groups (broad SMARTS) is 1. The molecule has 0 amide bonds. The van der Waals surface area contributed by atoms with E-state index in [9.17, 15) is 14.9 Å². The van der Waals surface area contributed by atoms with Gasteiger partial charge in [-0.25, -0.2) is 4.79 Å². The van der Waals surface area contributed by atoms with Gasteiger partial charge in [0.2, 0.25) is 0 Å². The van der Waals surface area contributed by atoms with Crippen molar-refractivity contribution >= 4 is 11.7 Å². The van der Waals surface area contributed by atoms with Crippen molar-refractivity contribution in [2.45, 2.75) is 6.92 Å². The average Bonchev–Trinajstić information content (AvgIpc) is 2.46. The highest BCUT2D eigenvalue weighted by atomic mass is 16.6. The number of non-ortho nitro benzene ring substituents is 1. The summed E-state index contributed by atoms with van der Waals surface area (Å²) in [5.74, 6) is -0.606. The number of aromatic carboxylic acids is 1. The number of aryl methyl sites for hydroxylation is 1. The number of nitrogens with zero attached hydrogens (tertiary/aromatic N) is 1. The highest BCUT2D eigenvalue weighted by Gasteiger charge is 2.15. The van der Waals surface area contributed by atoms with Crippen LogP contribution in [0.15, 0.2) is 36.4 Å². The van der Waals surface area contributed by atoms with Gasteiger partial charge in [-0.1, -0.05) is 6.07 Å². The molecule has 0 fully saturated rings. The van der Waals surface area contributed by atoms with Crippen molar-refractivity contribution in [2.24, 2.45) is 0 Å². The largest absolute Gasteiger partial charge is 0.496 e. The predicted octanol–water partition coefficient (Wildman–Crippen LogP) is 3.28. The summed E-state index contributed by atoms with van der Waals surface area (Å²) in [5, 5.41) is 20.0. The molecule has 2 aromatic carbocycles. The zero-order chi connectivity index (χ0) is 15.6. The molecule has 108 valence electrons. The zero-order valence-corrected chi connectivity index (χ0v) is 11.5. The van der Waals surface area contributed by atoms with E-state index in [0.29, 0.717) is 16.9 Å². The molecule has 0 aliphatic heterocycles. The Bertz CT molecular complexity index is 724. The first-order chi connectivity index (χ1) is 9.93. The van der Waals surface area contributed by atoms with Crippen LogP contribution in [-0.4, -0.2) is 23.1 Å². The molecule has 0 aliphatic rings. The number of hydrogen-bond donors (Lipinski definition) is 1. The SMILES string of the molecule is COc1ccc(C(=O)O)cc1-c1cc([N+](=O)[O-])ccc1C. The fourth-order valence-electron chi connectivity index (χ4n) is 2.07. The van der Waals surface area contributed by atoms with Crippen LogP contribution in [0.3, 0.4) is 0 Å². The minimum Gasteiger partial charge on any atom is -0.496 e. The van der Waals surface area contributed by atoms with E-state index in [-0.39, 0.29) is 11.3 Å². The Hall–Kier alpha value is -2.89. The van der Waals surface area contributed by atoms with Gasteiger partial charge in [-0.15, -0.1) is 0 Å². The molecular formula is C15H13NO5. The van der Waals surface area contributed by atoms with Crippen molar-refractivity contribution in [3.63, 3.8) is 0 Å². The Labute approximate surface area is 120 Å². The molecule has 0 saturated heterocycles. The van der Waals surface area contributed by atoms with Gasteiger partial charge in [0, 0.05) is 17.7 Å². The summed E-state index contributed by atoms with van der Waals surface area (Å²) in [6.45, 7) is 1.80. The lowest BCUT2D eigenvalue weighted by molar-refractivity contribution is -0.384.